The molecule has 1 saturated heterocycles. The van der Waals surface area contributed by atoms with Crippen LogP contribution < -0.4 is 5.73 Å². The van der Waals surface area contributed by atoms with E-state index in [9.17, 15) is 15.8 Å². The van der Waals surface area contributed by atoms with Crippen molar-refractivity contribution in [3.8, 4) is 18.2 Å². The fraction of sp³-hybridized carbons (Fsp3) is 0.200. The summed E-state index contributed by atoms with van der Waals surface area (Å²) in [6.07, 6.45) is 0.749. The third kappa shape index (κ3) is 2.67. The van der Waals surface area contributed by atoms with Crippen LogP contribution in [0.25, 0.3) is 0 Å². The number of benzene rings is 2. The summed E-state index contributed by atoms with van der Waals surface area (Å²) in [5.74, 6) is -0.990. The van der Waals surface area contributed by atoms with E-state index in [0.29, 0.717) is 5.56 Å². The highest BCUT2D eigenvalue weighted by atomic mass is 15.5. The van der Waals surface area contributed by atoms with E-state index < -0.39 is 23.5 Å². The minimum absolute atomic E-state index is 0.717. The SMILES string of the molecule is N#CC1C(N)N(/N=C/c2ccccc2)C(c2ccccc2)C1(C#N)C#N. The van der Waals surface area contributed by atoms with Crippen LogP contribution in [0.5, 0.6) is 0 Å². The topological polar surface area (TPSA) is 113 Å². The molecule has 0 bridgehead atoms. The summed E-state index contributed by atoms with van der Waals surface area (Å²) >= 11 is 0. The number of nitrogens with zero attached hydrogens (tertiary/aromatic N) is 5. The highest BCUT2D eigenvalue weighted by Crippen LogP contribution is 2.51. The molecule has 3 rings (SSSR count). The molecule has 1 aliphatic heterocycles. The van der Waals surface area contributed by atoms with Gasteiger partial charge >= 0.3 is 0 Å². The summed E-state index contributed by atoms with van der Waals surface area (Å²) in [4.78, 5) is 0. The zero-order chi connectivity index (χ0) is 18.6. The van der Waals surface area contributed by atoms with E-state index in [-0.39, 0.29) is 0 Å². The Morgan fingerprint density at radius 3 is 2.08 bits per heavy atom. The molecule has 6 heteroatoms. The Bertz CT molecular complexity index is 903. The first-order valence-electron chi connectivity index (χ1n) is 8.08. The van der Waals surface area contributed by atoms with E-state index >= 15 is 0 Å². The van der Waals surface area contributed by atoms with Gasteiger partial charge in [-0.05, 0) is 11.1 Å². The number of hydrogen-bond acceptors (Lipinski definition) is 6. The molecule has 0 saturated carbocycles. The first-order valence-corrected chi connectivity index (χ1v) is 8.08. The fourth-order valence-electron chi connectivity index (χ4n) is 3.30. The van der Waals surface area contributed by atoms with Crippen LogP contribution in [0.15, 0.2) is 65.8 Å². The normalized spacial score (nSPS) is 23.9. The quantitative estimate of drug-likeness (QED) is 0.863. The van der Waals surface area contributed by atoms with E-state index in [0.717, 1.165) is 5.56 Å². The smallest absolute Gasteiger partial charge is 0.188 e. The van der Waals surface area contributed by atoms with E-state index in [2.05, 4.69) is 17.2 Å². The molecule has 0 spiro atoms. The zero-order valence-corrected chi connectivity index (χ0v) is 13.9. The lowest BCUT2D eigenvalue weighted by molar-refractivity contribution is 0.187. The highest BCUT2D eigenvalue weighted by molar-refractivity contribution is 5.79. The van der Waals surface area contributed by atoms with Gasteiger partial charge in [-0.1, -0.05) is 60.7 Å². The molecule has 0 amide bonds. The monoisotopic (exact) mass is 340 g/mol. The first-order chi connectivity index (χ1) is 12.7. The minimum atomic E-state index is -1.61. The fourth-order valence-corrected chi connectivity index (χ4v) is 3.30. The van der Waals surface area contributed by atoms with Crippen LogP contribution >= 0.6 is 0 Å². The summed E-state index contributed by atoms with van der Waals surface area (Å²) in [6, 6.07) is 24.0. The molecule has 1 heterocycles. The lowest BCUT2D eigenvalue weighted by Crippen LogP contribution is -2.38. The Labute approximate surface area is 152 Å². The van der Waals surface area contributed by atoms with Gasteiger partial charge < -0.3 is 5.73 Å². The molecule has 126 valence electrons. The van der Waals surface area contributed by atoms with E-state index in [1.54, 1.807) is 6.21 Å². The summed E-state index contributed by atoms with van der Waals surface area (Å²) in [7, 11) is 0. The molecule has 2 aromatic carbocycles. The summed E-state index contributed by atoms with van der Waals surface area (Å²) < 4.78 is 0. The molecule has 3 unspecified atom stereocenters. The predicted molar refractivity (Wildman–Crippen MR) is 95.8 cm³/mol. The van der Waals surface area contributed by atoms with Gasteiger partial charge in [0.1, 0.15) is 18.1 Å². The van der Waals surface area contributed by atoms with Crippen molar-refractivity contribution in [2.45, 2.75) is 12.2 Å². The number of rotatable bonds is 3. The van der Waals surface area contributed by atoms with Gasteiger partial charge in [0, 0.05) is 0 Å². The second-order valence-corrected chi connectivity index (χ2v) is 6.04. The first kappa shape index (κ1) is 17.2. The van der Waals surface area contributed by atoms with Crippen molar-refractivity contribution in [3.05, 3.63) is 71.8 Å². The molecule has 2 aromatic rings. The van der Waals surface area contributed by atoms with Gasteiger partial charge in [-0.25, -0.2) is 0 Å². The summed E-state index contributed by atoms with van der Waals surface area (Å²) in [6.45, 7) is 0. The van der Waals surface area contributed by atoms with Crippen LogP contribution in [-0.2, 0) is 0 Å². The maximum Gasteiger partial charge on any atom is 0.188 e. The molecule has 6 nitrogen and oxygen atoms in total. The number of nitriles is 3. The van der Waals surface area contributed by atoms with Crippen molar-refractivity contribution in [1.82, 2.24) is 5.01 Å². The van der Waals surface area contributed by atoms with Gasteiger partial charge in [0.25, 0.3) is 0 Å². The summed E-state index contributed by atoms with van der Waals surface area (Å²) in [5.41, 5.74) is 6.20. The molecule has 0 aromatic heterocycles. The van der Waals surface area contributed by atoms with Gasteiger partial charge in [0.15, 0.2) is 5.41 Å². The molecular formula is C20H16N6. The lowest BCUT2D eigenvalue weighted by atomic mass is 9.73. The van der Waals surface area contributed by atoms with Gasteiger partial charge in [-0.15, -0.1) is 0 Å². The van der Waals surface area contributed by atoms with E-state index in [1.165, 1.54) is 5.01 Å². The maximum atomic E-state index is 9.81. The van der Waals surface area contributed by atoms with Gasteiger partial charge in [-0.3, -0.25) is 5.01 Å². The van der Waals surface area contributed by atoms with Crippen LogP contribution in [0, 0.1) is 45.3 Å². The average Bonchev–Trinajstić information content (AvgIpc) is 2.95. The van der Waals surface area contributed by atoms with Crippen LogP contribution in [-0.4, -0.2) is 17.4 Å². The van der Waals surface area contributed by atoms with Crippen LogP contribution in [0.2, 0.25) is 0 Å². The Morgan fingerprint density at radius 1 is 0.962 bits per heavy atom. The molecule has 0 aliphatic carbocycles. The Kier molecular flexibility index (Phi) is 4.67. The third-order valence-electron chi connectivity index (χ3n) is 4.60. The van der Waals surface area contributed by atoms with E-state index in [1.807, 2.05) is 66.7 Å². The predicted octanol–water partition coefficient (Wildman–Crippen LogP) is 2.54. The molecule has 0 radical (unpaired) electrons. The third-order valence-corrected chi connectivity index (χ3v) is 4.60. The number of nitrogens with two attached hydrogens (primary N) is 1. The minimum Gasteiger partial charge on any atom is -0.309 e. The van der Waals surface area contributed by atoms with Gasteiger partial charge in [0.05, 0.1) is 24.4 Å². The second-order valence-electron chi connectivity index (χ2n) is 6.04. The zero-order valence-electron chi connectivity index (χ0n) is 13.9. The van der Waals surface area contributed by atoms with Crippen LogP contribution in [0.4, 0.5) is 0 Å². The standard InChI is InChI=1S/C20H16N6/c21-11-17-19(24)26(25-12-15-7-3-1-4-8-15)18(20(17,13-22)14-23)16-9-5-2-6-10-16/h1-10,12,17-19H,24H2/b25-12+. The van der Waals surface area contributed by atoms with Crippen molar-refractivity contribution in [3.63, 3.8) is 0 Å². The molecular weight excluding hydrogens is 324 g/mol. The molecule has 2 N–H and O–H groups in total. The lowest BCUT2D eigenvalue weighted by Gasteiger charge is -2.28. The van der Waals surface area contributed by atoms with Gasteiger partial charge in [-0.2, -0.15) is 20.9 Å². The Balaban J connectivity index is 2.12. The number of hydrogen-bond donors (Lipinski definition) is 1. The molecule has 26 heavy (non-hydrogen) atoms. The van der Waals surface area contributed by atoms with Crippen molar-refractivity contribution in [1.29, 1.82) is 15.8 Å². The van der Waals surface area contributed by atoms with Crippen molar-refractivity contribution < 1.29 is 0 Å². The second kappa shape index (κ2) is 7.07. The summed E-state index contributed by atoms with van der Waals surface area (Å²) in [5, 5.41) is 35.2. The molecule has 1 aliphatic rings. The van der Waals surface area contributed by atoms with Gasteiger partial charge in [0.2, 0.25) is 0 Å². The number of hydrazone groups is 1. The maximum absolute atomic E-state index is 9.81. The van der Waals surface area contributed by atoms with Crippen molar-refractivity contribution in [2.24, 2.45) is 22.2 Å². The Hall–Kier alpha value is -3.66. The molecule has 1 fully saturated rings. The van der Waals surface area contributed by atoms with E-state index in [4.69, 9.17) is 5.73 Å². The van der Waals surface area contributed by atoms with Crippen LogP contribution in [0.3, 0.4) is 0 Å². The Morgan fingerprint density at radius 2 is 1.54 bits per heavy atom. The average molecular weight is 340 g/mol. The molecule has 3 atom stereocenters. The van der Waals surface area contributed by atoms with Crippen LogP contribution in [0.1, 0.15) is 17.2 Å². The highest BCUT2D eigenvalue weighted by Gasteiger charge is 2.61. The largest absolute Gasteiger partial charge is 0.309 e. The van der Waals surface area contributed by atoms with Crippen molar-refractivity contribution >= 4 is 6.21 Å². The van der Waals surface area contributed by atoms with Crippen molar-refractivity contribution in [2.75, 3.05) is 0 Å².